The largest absolute Gasteiger partial charge is 0.497 e. The maximum absolute atomic E-state index is 10.7. The monoisotopic (exact) mass is 322 g/mol. The second-order valence-electron chi connectivity index (χ2n) is 3.71. The van der Waals surface area contributed by atoms with E-state index in [0.29, 0.717) is 5.69 Å². The summed E-state index contributed by atoms with van der Waals surface area (Å²) in [6, 6.07) is 8.62. The van der Waals surface area contributed by atoms with Gasteiger partial charge in [0, 0.05) is 10.5 Å². The van der Waals surface area contributed by atoms with E-state index in [4.69, 9.17) is 9.84 Å². The molecule has 1 aromatic carbocycles. The van der Waals surface area contributed by atoms with Gasteiger partial charge in [-0.15, -0.1) is 0 Å². The highest BCUT2D eigenvalue weighted by Gasteiger charge is 2.06. The molecule has 0 bridgehead atoms. The van der Waals surface area contributed by atoms with Crippen LogP contribution in [0.1, 0.15) is 10.5 Å². The van der Waals surface area contributed by atoms with Crippen LogP contribution in [0.2, 0.25) is 0 Å². The molecule has 0 fully saturated rings. The highest BCUT2D eigenvalue weighted by molar-refractivity contribution is 9.10. The van der Waals surface area contributed by atoms with Crippen LogP contribution < -0.4 is 10.1 Å². The molecule has 0 aliphatic rings. The van der Waals surface area contributed by atoms with Crippen molar-refractivity contribution >= 4 is 33.3 Å². The van der Waals surface area contributed by atoms with Gasteiger partial charge in [0.05, 0.1) is 24.7 Å². The number of ether oxygens (including phenoxy) is 1. The predicted molar refractivity (Wildman–Crippen MR) is 75.2 cm³/mol. The third-order valence-corrected chi connectivity index (χ3v) is 3.13. The van der Waals surface area contributed by atoms with Crippen LogP contribution in [-0.4, -0.2) is 23.2 Å². The number of hydrogen-bond donors (Lipinski definition) is 2. The Kier molecular flexibility index (Phi) is 4.01. The summed E-state index contributed by atoms with van der Waals surface area (Å²) in [6.45, 7) is 0. The highest BCUT2D eigenvalue weighted by Crippen LogP contribution is 2.29. The number of aromatic nitrogens is 1. The molecule has 1 aromatic heterocycles. The Morgan fingerprint density at radius 2 is 2.16 bits per heavy atom. The number of rotatable bonds is 4. The van der Waals surface area contributed by atoms with Crippen LogP contribution in [0.15, 0.2) is 41.0 Å². The van der Waals surface area contributed by atoms with Crippen molar-refractivity contribution in [2.75, 3.05) is 12.4 Å². The minimum Gasteiger partial charge on any atom is -0.497 e. The van der Waals surface area contributed by atoms with Gasteiger partial charge in [-0.2, -0.15) is 0 Å². The lowest BCUT2D eigenvalue weighted by Gasteiger charge is -2.10. The summed E-state index contributed by atoms with van der Waals surface area (Å²) in [5, 5.41) is 11.9. The van der Waals surface area contributed by atoms with Gasteiger partial charge in [-0.3, -0.25) is 0 Å². The van der Waals surface area contributed by atoms with E-state index in [1.54, 1.807) is 13.2 Å². The Bertz CT molecular complexity index is 599. The molecule has 98 valence electrons. The van der Waals surface area contributed by atoms with Crippen molar-refractivity contribution in [3.05, 3.63) is 46.7 Å². The average Bonchev–Trinajstić information content (AvgIpc) is 2.42. The number of benzene rings is 1. The van der Waals surface area contributed by atoms with Crippen molar-refractivity contribution in [3.63, 3.8) is 0 Å². The Balaban J connectivity index is 2.23. The van der Waals surface area contributed by atoms with Crippen LogP contribution >= 0.6 is 15.9 Å². The predicted octanol–water partition coefficient (Wildman–Crippen LogP) is 3.29. The molecule has 19 heavy (non-hydrogen) atoms. The standard InChI is InChI=1S/C13H11BrN2O3/c1-19-9-3-4-10(14)12(6-9)16-8-2-5-11(13(17)18)15-7-8/h2-7,16H,1H3,(H,17,18). The van der Waals surface area contributed by atoms with E-state index >= 15 is 0 Å². The van der Waals surface area contributed by atoms with Crippen molar-refractivity contribution in [2.45, 2.75) is 0 Å². The lowest BCUT2D eigenvalue weighted by molar-refractivity contribution is 0.0690. The van der Waals surface area contributed by atoms with Gasteiger partial charge in [0.15, 0.2) is 0 Å². The number of nitrogens with one attached hydrogen (secondary N) is 1. The van der Waals surface area contributed by atoms with Crippen molar-refractivity contribution in [3.8, 4) is 5.75 Å². The summed E-state index contributed by atoms with van der Waals surface area (Å²) in [4.78, 5) is 14.5. The second-order valence-corrected chi connectivity index (χ2v) is 4.56. The summed E-state index contributed by atoms with van der Waals surface area (Å²) in [6.07, 6.45) is 1.47. The van der Waals surface area contributed by atoms with E-state index in [-0.39, 0.29) is 5.69 Å². The van der Waals surface area contributed by atoms with Crippen LogP contribution in [0.25, 0.3) is 0 Å². The van der Waals surface area contributed by atoms with Gasteiger partial charge in [0.1, 0.15) is 11.4 Å². The van der Waals surface area contributed by atoms with Gasteiger partial charge >= 0.3 is 5.97 Å². The molecule has 0 saturated heterocycles. The summed E-state index contributed by atoms with van der Waals surface area (Å²) in [7, 11) is 1.59. The van der Waals surface area contributed by atoms with E-state index < -0.39 is 5.97 Å². The molecular weight excluding hydrogens is 312 g/mol. The maximum atomic E-state index is 10.7. The normalized spacial score (nSPS) is 10.0. The van der Waals surface area contributed by atoms with E-state index in [9.17, 15) is 4.79 Å². The zero-order valence-corrected chi connectivity index (χ0v) is 11.6. The fraction of sp³-hybridized carbons (Fsp3) is 0.0769. The van der Waals surface area contributed by atoms with Crippen molar-refractivity contribution in [1.82, 2.24) is 4.98 Å². The topological polar surface area (TPSA) is 71.5 Å². The Morgan fingerprint density at radius 3 is 2.74 bits per heavy atom. The highest BCUT2D eigenvalue weighted by atomic mass is 79.9. The number of nitrogens with zero attached hydrogens (tertiary/aromatic N) is 1. The summed E-state index contributed by atoms with van der Waals surface area (Å²) in [5.41, 5.74) is 1.51. The Labute approximate surface area is 118 Å². The molecule has 0 unspecified atom stereocenters. The van der Waals surface area contributed by atoms with Gasteiger partial charge in [0.2, 0.25) is 0 Å². The number of carboxylic acid groups (broad SMARTS) is 1. The second kappa shape index (κ2) is 5.71. The molecule has 2 N–H and O–H groups in total. The molecule has 2 rings (SSSR count). The van der Waals surface area contributed by atoms with Gasteiger partial charge in [-0.05, 0) is 40.2 Å². The van der Waals surface area contributed by atoms with Gasteiger partial charge < -0.3 is 15.2 Å². The number of carboxylic acids is 1. The third kappa shape index (κ3) is 3.23. The molecule has 0 aliphatic carbocycles. The lowest BCUT2D eigenvalue weighted by Crippen LogP contribution is -2.00. The van der Waals surface area contributed by atoms with E-state index in [2.05, 4.69) is 26.2 Å². The van der Waals surface area contributed by atoms with Crippen LogP contribution in [-0.2, 0) is 0 Å². The summed E-state index contributed by atoms with van der Waals surface area (Å²) >= 11 is 3.42. The molecule has 0 aliphatic heterocycles. The quantitative estimate of drug-likeness (QED) is 0.903. The third-order valence-electron chi connectivity index (χ3n) is 2.44. The average molecular weight is 323 g/mol. The Hall–Kier alpha value is -2.08. The molecule has 0 amide bonds. The first kappa shape index (κ1) is 13.4. The number of methoxy groups -OCH3 is 1. The number of anilines is 2. The molecule has 0 saturated carbocycles. The number of halogens is 1. The van der Waals surface area contributed by atoms with E-state index in [0.717, 1.165) is 15.9 Å². The van der Waals surface area contributed by atoms with Crippen molar-refractivity contribution in [1.29, 1.82) is 0 Å². The first-order valence-electron chi connectivity index (χ1n) is 5.40. The molecular formula is C13H11BrN2O3. The lowest BCUT2D eigenvalue weighted by atomic mass is 10.2. The van der Waals surface area contributed by atoms with Crippen LogP contribution in [0.4, 0.5) is 11.4 Å². The number of aromatic carboxylic acids is 1. The smallest absolute Gasteiger partial charge is 0.354 e. The minimum atomic E-state index is -1.05. The molecule has 5 nitrogen and oxygen atoms in total. The number of pyridine rings is 1. The minimum absolute atomic E-state index is 0.00950. The molecule has 0 radical (unpaired) electrons. The SMILES string of the molecule is COc1ccc(Br)c(Nc2ccc(C(=O)O)nc2)c1. The fourth-order valence-corrected chi connectivity index (χ4v) is 1.82. The molecule has 0 spiro atoms. The van der Waals surface area contributed by atoms with E-state index in [1.165, 1.54) is 12.3 Å². The first-order chi connectivity index (χ1) is 9.10. The van der Waals surface area contributed by atoms with Gasteiger partial charge in [-0.25, -0.2) is 9.78 Å². The molecule has 1 heterocycles. The fourth-order valence-electron chi connectivity index (χ4n) is 1.48. The first-order valence-corrected chi connectivity index (χ1v) is 6.19. The van der Waals surface area contributed by atoms with Crippen LogP contribution in [0.5, 0.6) is 5.75 Å². The summed E-state index contributed by atoms with van der Waals surface area (Å²) in [5.74, 6) is -0.324. The van der Waals surface area contributed by atoms with Crippen LogP contribution in [0.3, 0.4) is 0 Å². The number of carbonyl (C=O) groups is 1. The molecule has 0 atom stereocenters. The zero-order valence-electron chi connectivity index (χ0n) is 10.1. The van der Waals surface area contributed by atoms with Gasteiger partial charge in [0.25, 0.3) is 0 Å². The Morgan fingerprint density at radius 1 is 1.37 bits per heavy atom. The summed E-state index contributed by atoms with van der Waals surface area (Å²) < 4.78 is 6.01. The molecule has 2 aromatic rings. The van der Waals surface area contributed by atoms with Crippen molar-refractivity contribution < 1.29 is 14.6 Å². The maximum Gasteiger partial charge on any atom is 0.354 e. The van der Waals surface area contributed by atoms with Crippen molar-refractivity contribution in [2.24, 2.45) is 0 Å². The van der Waals surface area contributed by atoms with E-state index in [1.807, 2.05) is 18.2 Å². The van der Waals surface area contributed by atoms with Crippen LogP contribution in [0, 0.1) is 0 Å². The number of hydrogen-bond acceptors (Lipinski definition) is 4. The molecule has 6 heteroatoms. The zero-order chi connectivity index (χ0) is 13.8. The van der Waals surface area contributed by atoms with Gasteiger partial charge in [-0.1, -0.05) is 0 Å².